The van der Waals surface area contributed by atoms with Crippen molar-refractivity contribution in [3.63, 3.8) is 0 Å². The van der Waals surface area contributed by atoms with Crippen molar-refractivity contribution in [2.75, 3.05) is 13.2 Å². The van der Waals surface area contributed by atoms with Crippen molar-refractivity contribution in [1.82, 2.24) is 0 Å². The van der Waals surface area contributed by atoms with Crippen molar-refractivity contribution in [3.8, 4) is 0 Å². The van der Waals surface area contributed by atoms with Gasteiger partial charge in [-0.3, -0.25) is 0 Å². The monoisotopic (exact) mass is 288 g/mol. The lowest BCUT2D eigenvalue weighted by atomic mass is 9.74. The van der Waals surface area contributed by atoms with Gasteiger partial charge in [-0.2, -0.15) is 0 Å². The third-order valence-electron chi connectivity index (χ3n) is 4.72. The first-order valence-electron chi connectivity index (χ1n) is 5.84. The molecule has 3 aliphatic rings. The number of ether oxygens (including phenoxy) is 2. The highest BCUT2D eigenvalue weighted by molar-refractivity contribution is 9.11. The molecule has 4 heteroatoms. The highest BCUT2D eigenvalue weighted by atomic mass is 79.9. The summed E-state index contributed by atoms with van der Waals surface area (Å²) < 4.78 is 12.9. The molecule has 2 bridgehead atoms. The van der Waals surface area contributed by atoms with Gasteiger partial charge in [0.05, 0.1) is 19.3 Å². The molecule has 0 aromatic rings. The molecule has 2 aliphatic carbocycles. The van der Waals surface area contributed by atoms with Crippen molar-refractivity contribution in [2.45, 2.75) is 32.2 Å². The van der Waals surface area contributed by atoms with Crippen molar-refractivity contribution < 1.29 is 14.6 Å². The van der Waals surface area contributed by atoms with Gasteiger partial charge < -0.3 is 14.6 Å². The van der Waals surface area contributed by atoms with E-state index >= 15 is 0 Å². The van der Waals surface area contributed by atoms with Crippen LogP contribution in [0.5, 0.6) is 0 Å². The highest BCUT2D eigenvalue weighted by Gasteiger charge is 2.67. The van der Waals surface area contributed by atoms with Gasteiger partial charge in [0.25, 0.3) is 0 Å². The Morgan fingerprint density at radius 2 is 2.12 bits per heavy atom. The number of fused-ring (bicyclic) bond motifs is 3. The van der Waals surface area contributed by atoms with Gasteiger partial charge in [-0.1, -0.05) is 28.9 Å². The quantitative estimate of drug-likeness (QED) is 0.803. The molecule has 1 N–H and O–H groups in total. The Labute approximate surface area is 104 Å². The summed E-state index contributed by atoms with van der Waals surface area (Å²) in [6, 6.07) is 0. The molecule has 3 nitrogen and oxygen atoms in total. The van der Waals surface area contributed by atoms with Gasteiger partial charge in [0.1, 0.15) is 0 Å². The predicted molar refractivity (Wildman–Crippen MR) is 63.0 cm³/mol. The lowest BCUT2D eigenvalue weighted by Gasteiger charge is -2.36. The van der Waals surface area contributed by atoms with Crippen molar-refractivity contribution in [2.24, 2.45) is 17.3 Å². The summed E-state index contributed by atoms with van der Waals surface area (Å²) in [6.07, 6.45) is 2.67. The molecule has 0 unspecified atom stereocenters. The fourth-order valence-electron chi connectivity index (χ4n) is 3.62. The maximum Gasteiger partial charge on any atom is 0.175 e. The Kier molecular flexibility index (Phi) is 2.32. The molecule has 0 radical (unpaired) electrons. The van der Waals surface area contributed by atoms with Crippen LogP contribution in [0, 0.1) is 17.3 Å². The van der Waals surface area contributed by atoms with Gasteiger partial charge in [-0.05, 0) is 11.4 Å². The van der Waals surface area contributed by atoms with Gasteiger partial charge in [0, 0.05) is 23.7 Å². The van der Waals surface area contributed by atoms with Crippen LogP contribution >= 0.6 is 15.9 Å². The number of hydrogen-bond acceptors (Lipinski definition) is 3. The SMILES string of the molecule is C[C@@H](O)[C@@]1(C)[C@@H]2C=C(Br)[C@@H]1CC21OCCO1. The van der Waals surface area contributed by atoms with Gasteiger partial charge in [-0.25, -0.2) is 0 Å². The van der Waals surface area contributed by atoms with E-state index < -0.39 is 5.79 Å². The number of rotatable bonds is 1. The second-order valence-corrected chi connectivity index (χ2v) is 6.25. The van der Waals surface area contributed by atoms with E-state index in [9.17, 15) is 5.11 Å². The standard InChI is InChI=1S/C12H17BrO3/c1-7(14)11(2)8-6-12(15-3-4-16-12)10(11)5-9(8)13/h5,7-8,10,14H,3-4,6H2,1-2H3/t7-,8+,10+,11-/m1/s1. The van der Waals surface area contributed by atoms with E-state index in [2.05, 4.69) is 28.9 Å². The molecule has 3 rings (SSSR count). The first-order valence-corrected chi connectivity index (χ1v) is 6.63. The first kappa shape index (κ1) is 11.2. The maximum atomic E-state index is 10.1. The van der Waals surface area contributed by atoms with Crippen LogP contribution in [0.15, 0.2) is 10.6 Å². The van der Waals surface area contributed by atoms with Crippen LogP contribution in [0.2, 0.25) is 0 Å². The summed E-state index contributed by atoms with van der Waals surface area (Å²) in [6.45, 7) is 5.35. The lowest BCUT2D eigenvalue weighted by Crippen LogP contribution is -2.42. The molecule has 90 valence electrons. The number of halogens is 1. The second kappa shape index (κ2) is 3.31. The topological polar surface area (TPSA) is 38.7 Å². The molecule has 0 aromatic heterocycles. The van der Waals surface area contributed by atoms with E-state index in [1.807, 2.05) is 6.92 Å². The van der Waals surface area contributed by atoms with Crippen LogP contribution in [-0.4, -0.2) is 30.2 Å². The van der Waals surface area contributed by atoms with Crippen LogP contribution < -0.4 is 0 Å². The fraction of sp³-hybridized carbons (Fsp3) is 0.833. The fourth-order valence-corrected chi connectivity index (χ4v) is 4.54. The first-order chi connectivity index (χ1) is 7.51. The van der Waals surface area contributed by atoms with Crippen molar-refractivity contribution in [3.05, 3.63) is 10.6 Å². The Balaban J connectivity index is 2.03. The molecule has 1 spiro atoms. The van der Waals surface area contributed by atoms with Gasteiger partial charge in [-0.15, -0.1) is 0 Å². The minimum atomic E-state index is -0.465. The Bertz CT molecular complexity index is 346. The molecule has 1 saturated heterocycles. The molecular formula is C12H17BrO3. The summed E-state index contributed by atoms with van der Waals surface area (Å²) in [5, 5.41) is 10.1. The molecular weight excluding hydrogens is 272 g/mol. The van der Waals surface area contributed by atoms with Crippen LogP contribution in [0.25, 0.3) is 0 Å². The number of allylic oxidation sites excluding steroid dienone is 1. The van der Waals surface area contributed by atoms with Crippen molar-refractivity contribution in [1.29, 1.82) is 0 Å². The summed E-state index contributed by atoms with van der Waals surface area (Å²) >= 11 is 3.61. The van der Waals surface area contributed by atoms with E-state index in [4.69, 9.17) is 9.47 Å². The Morgan fingerprint density at radius 3 is 2.62 bits per heavy atom. The van der Waals surface area contributed by atoms with Gasteiger partial charge in [0.15, 0.2) is 5.79 Å². The molecule has 1 saturated carbocycles. The van der Waals surface area contributed by atoms with Crippen molar-refractivity contribution >= 4 is 15.9 Å². The van der Waals surface area contributed by atoms with Gasteiger partial charge >= 0.3 is 0 Å². The number of aliphatic hydroxyl groups excluding tert-OH is 1. The third kappa shape index (κ3) is 1.14. The second-order valence-electron chi connectivity index (χ2n) is 5.34. The molecule has 1 heterocycles. The third-order valence-corrected chi connectivity index (χ3v) is 5.54. The summed E-state index contributed by atoms with van der Waals surface area (Å²) in [5.41, 5.74) is -0.164. The smallest absolute Gasteiger partial charge is 0.175 e. The zero-order valence-corrected chi connectivity index (χ0v) is 11.2. The summed E-state index contributed by atoms with van der Waals surface area (Å²) in [7, 11) is 0. The average Bonchev–Trinajstić information content (AvgIpc) is 2.84. The van der Waals surface area contributed by atoms with Crippen LogP contribution in [0.4, 0.5) is 0 Å². The minimum absolute atomic E-state index is 0.155. The van der Waals surface area contributed by atoms with Crippen LogP contribution in [0.1, 0.15) is 20.3 Å². The maximum absolute atomic E-state index is 10.1. The lowest BCUT2D eigenvalue weighted by molar-refractivity contribution is -0.186. The van der Waals surface area contributed by atoms with E-state index in [0.29, 0.717) is 19.1 Å². The Hall–Kier alpha value is 0.1000. The van der Waals surface area contributed by atoms with Gasteiger partial charge in [0.2, 0.25) is 0 Å². The molecule has 4 atom stereocenters. The number of hydrogen-bond donors (Lipinski definition) is 1. The zero-order valence-electron chi connectivity index (χ0n) is 9.57. The molecule has 2 fully saturated rings. The van der Waals surface area contributed by atoms with Crippen LogP contribution in [-0.2, 0) is 9.47 Å². The molecule has 16 heavy (non-hydrogen) atoms. The van der Waals surface area contributed by atoms with Crippen LogP contribution in [0.3, 0.4) is 0 Å². The van der Waals surface area contributed by atoms with E-state index in [0.717, 1.165) is 6.42 Å². The van der Waals surface area contributed by atoms with E-state index in [1.54, 1.807) is 0 Å². The summed E-state index contributed by atoms with van der Waals surface area (Å²) in [4.78, 5) is 0. The number of aliphatic hydroxyl groups is 1. The van der Waals surface area contributed by atoms with E-state index in [-0.39, 0.29) is 17.4 Å². The normalized spacial score (nSPS) is 46.4. The minimum Gasteiger partial charge on any atom is -0.393 e. The largest absolute Gasteiger partial charge is 0.393 e. The average molecular weight is 289 g/mol. The molecule has 1 aliphatic heterocycles. The Morgan fingerprint density at radius 1 is 1.50 bits per heavy atom. The van der Waals surface area contributed by atoms with E-state index in [1.165, 1.54) is 4.48 Å². The predicted octanol–water partition coefficient (Wildman–Crippen LogP) is 2.05. The zero-order chi connectivity index (χ0) is 11.6. The molecule has 0 amide bonds. The highest BCUT2D eigenvalue weighted by Crippen LogP contribution is 2.65. The summed E-state index contributed by atoms with van der Waals surface area (Å²) in [5.74, 6) is 0.00528. The molecule has 0 aromatic carbocycles.